The Morgan fingerprint density at radius 1 is 1.58 bits per heavy atom. The molecule has 12 heavy (non-hydrogen) atoms. The summed E-state index contributed by atoms with van der Waals surface area (Å²) >= 11 is 0. The van der Waals surface area contributed by atoms with Crippen LogP contribution < -0.4 is 0 Å². The monoisotopic (exact) mass is 174 g/mol. The molecular weight excluding hydrogens is 160 g/mol. The Hall–Kier alpha value is -0.610. The maximum absolute atomic E-state index is 11.1. The Balaban J connectivity index is 2.72. The summed E-state index contributed by atoms with van der Waals surface area (Å²) in [5.41, 5.74) is -1.66. The number of ether oxygens (including phenoxy) is 1. The molecule has 1 aliphatic rings. The van der Waals surface area contributed by atoms with Crippen LogP contribution in [0.4, 0.5) is 0 Å². The average Bonchev–Trinajstić information content (AvgIpc) is 2.09. The molecule has 0 aromatic carbocycles. The van der Waals surface area contributed by atoms with Crippen LogP contribution in [0, 0.1) is 0 Å². The molecule has 2 atom stereocenters. The third kappa shape index (κ3) is 1.44. The normalized spacial score (nSPS) is 36.1. The van der Waals surface area contributed by atoms with E-state index in [1.165, 1.54) is 7.11 Å². The minimum absolute atomic E-state index is 0.292. The van der Waals surface area contributed by atoms with Gasteiger partial charge in [-0.25, -0.2) is 4.79 Å². The summed E-state index contributed by atoms with van der Waals surface area (Å²) in [6, 6.07) is 0. The molecule has 1 fully saturated rings. The van der Waals surface area contributed by atoms with Crippen molar-refractivity contribution >= 4 is 5.97 Å². The van der Waals surface area contributed by atoms with E-state index in [4.69, 9.17) is 0 Å². The van der Waals surface area contributed by atoms with Crippen molar-refractivity contribution in [3.63, 3.8) is 0 Å². The quantitative estimate of drug-likeness (QED) is 0.541. The highest BCUT2D eigenvalue weighted by Gasteiger charge is 2.45. The maximum Gasteiger partial charge on any atom is 0.340 e. The van der Waals surface area contributed by atoms with Crippen LogP contribution in [0.3, 0.4) is 0 Å². The van der Waals surface area contributed by atoms with E-state index in [9.17, 15) is 15.0 Å². The molecule has 0 aromatic heterocycles. The number of aliphatic hydroxyl groups is 2. The first-order valence-corrected chi connectivity index (χ1v) is 4.10. The molecule has 4 nitrogen and oxygen atoms in total. The zero-order valence-corrected chi connectivity index (χ0v) is 7.12. The largest absolute Gasteiger partial charge is 0.467 e. The molecule has 2 N–H and O–H groups in total. The number of hydrogen-bond acceptors (Lipinski definition) is 4. The molecular formula is C8H14O4. The van der Waals surface area contributed by atoms with Crippen LogP contribution in [0.15, 0.2) is 0 Å². The van der Waals surface area contributed by atoms with Crippen molar-refractivity contribution < 1.29 is 19.7 Å². The zero-order chi connectivity index (χ0) is 9.19. The maximum atomic E-state index is 11.1. The van der Waals surface area contributed by atoms with E-state index < -0.39 is 17.7 Å². The van der Waals surface area contributed by atoms with Gasteiger partial charge in [0.05, 0.1) is 13.2 Å². The number of hydrogen-bond donors (Lipinski definition) is 2. The molecule has 0 saturated heterocycles. The lowest BCUT2D eigenvalue weighted by Crippen LogP contribution is -2.52. The van der Waals surface area contributed by atoms with Gasteiger partial charge in [-0.1, -0.05) is 6.42 Å². The molecule has 70 valence electrons. The fourth-order valence-electron chi connectivity index (χ4n) is 1.55. The fraction of sp³-hybridized carbons (Fsp3) is 0.875. The molecule has 0 unspecified atom stereocenters. The number of methoxy groups -OCH3 is 1. The van der Waals surface area contributed by atoms with Gasteiger partial charge in [0, 0.05) is 0 Å². The summed E-state index contributed by atoms with van der Waals surface area (Å²) in [5.74, 6) is -0.727. The molecule has 1 saturated carbocycles. The van der Waals surface area contributed by atoms with Gasteiger partial charge in [0.2, 0.25) is 0 Å². The highest BCUT2D eigenvalue weighted by molar-refractivity contribution is 5.80. The standard InChI is InChI=1S/C8H14O4/c1-12-7(10)8(11)5-3-2-4-6(8)9/h6,9,11H,2-5H2,1H3/t6-,8+/m1/s1. The summed E-state index contributed by atoms with van der Waals surface area (Å²) in [5, 5.41) is 19.1. The summed E-state index contributed by atoms with van der Waals surface area (Å²) in [4.78, 5) is 11.1. The topological polar surface area (TPSA) is 66.8 Å². The van der Waals surface area contributed by atoms with Crippen molar-refractivity contribution in [3.8, 4) is 0 Å². The Bertz CT molecular complexity index is 180. The van der Waals surface area contributed by atoms with Crippen molar-refractivity contribution in [1.29, 1.82) is 0 Å². The van der Waals surface area contributed by atoms with E-state index in [1.807, 2.05) is 0 Å². The van der Waals surface area contributed by atoms with Gasteiger partial charge in [0.15, 0.2) is 5.60 Å². The Labute approximate surface area is 71.2 Å². The second kappa shape index (κ2) is 3.41. The van der Waals surface area contributed by atoms with Gasteiger partial charge >= 0.3 is 5.97 Å². The molecule has 0 spiro atoms. The lowest BCUT2D eigenvalue weighted by atomic mass is 9.82. The minimum Gasteiger partial charge on any atom is -0.467 e. The van der Waals surface area contributed by atoms with Crippen LogP contribution in [-0.4, -0.2) is 35.0 Å². The third-order valence-corrected chi connectivity index (χ3v) is 2.38. The van der Waals surface area contributed by atoms with Gasteiger partial charge < -0.3 is 14.9 Å². The Morgan fingerprint density at radius 2 is 2.25 bits per heavy atom. The Kier molecular flexibility index (Phi) is 2.69. The van der Waals surface area contributed by atoms with E-state index in [2.05, 4.69) is 4.74 Å². The molecule has 0 heterocycles. The van der Waals surface area contributed by atoms with Crippen molar-refractivity contribution in [2.75, 3.05) is 7.11 Å². The number of carbonyl (C=O) groups excluding carboxylic acids is 1. The van der Waals surface area contributed by atoms with E-state index in [0.717, 1.165) is 12.8 Å². The van der Waals surface area contributed by atoms with Crippen molar-refractivity contribution in [2.45, 2.75) is 37.4 Å². The number of carbonyl (C=O) groups is 1. The first-order chi connectivity index (χ1) is 5.61. The van der Waals surface area contributed by atoms with Gasteiger partial charge in [0.1, 0.15) is 0 Å². The van der Waals surface area contributed by atoms with Crippen molar-refractivity contribution in [2.24, 2.45) is 0 Å². The predicted octanol–water partition coefficient (Wildman–Crippen LogP) is -0.175. The summed E-state index contributed by atoms with van der Waals surface area (Å²) in [6.45, 7) is 0. The molecule has 1 rings (SSSR count). The van der Waals surface area contributed by atoms with Gasteiger partial charge in [0.25, 0.3) is 0 Å². The number of aliphatic hydroxyl groups excluding tert-OH is 1. The van der Waals surface area contributed by atoms with Crippen LogP contribution in [0.25, 0.3) is 0 Å². The van der Waals surface area contributed by atoms with Gasteiger partial charge in [-0.15, -0.1) is 0 Å². The van der Waals surface area contributed by atoms with Crippen LogP contribution in [0.5, 0.6) is 0 Å². The van der Waals surface area contributed by atoms with E-state index in [-0.39, 0.29) is 0 Å². The van der Waals surface area contributed by atoms with E-state index in [1.54, 1.807) is 0 Å². The van der Waals surface area contributed by atoms with Crippen LogP contribution in [0.1, 0.15) is 25.7 Å². The van der Waals surface area contributed by atoms with E-state index >= 15 is 0 Å². The number of rotatable bonds is 1. The molecule has 0 bridgehead atoms. The van der Waals surface area contributed by atoms with Crippen molar-refractivity contribution in [1.82, 2.24) is 0 Å². The van der Waals surface area contributed by atoms with Gasteiger partial charge in [-0.3, -0.25) is 0 Å². The highest BCUT2D eigenvalue weighted by Crippen LogP contribution is 2.29. The summed E-state index contributed by atoms with van der Waals surface area (Å²) < 4.78 is 4.41. The first-order valence-electron chi connectivity index (χ1n) is 4.10. The molecule has 0 aliphatic heterocycles. The predicted molar refractivity (Wildman–Crippen MR) is 41.4 cm³/mol. The second-order valence-corrected chi connectivity index (χ2v) is 3.18. The second-order valence-electron chi connectivity index (χ2n) is 3.18. The first kappa shape index (κ1) is 9.48. The molecule has 1 aliphatic carbocycles. The fourth-order valence-corrected chi connectivity index (χ4v) is 1.55. The lowest BCUT2D eigenvalue weighted by Gasteiger charge is -2.33. The van der Waals surface area contributed by atoms with Gasteiger partial charge in [-0.2, -0.15) is 0 Å². The average molecular weight is 174 g/mol. The molecule has 0 radical (unpaired) electrons. The third-order valence-electron chi connectivity index (χ3n) is 2.38. The van der Waals surface area contributed by atoms with Crippen LogP contribution >= 0.6 is 0 Å². The smallest absolute Gasteiger partial charge is 0.340 e. The minimum atomic E-state index is -1.66. The highest BCUT2D eigenvalue weighted by atomic mass is 16.5. The molecule has 4 heteroatoms. The molecule has 0 amide bonds. The summed E-state index contributed by atoms with van der Waals surface area (Å²) in [7, 11) is 1.21. The van der Waals surface area contributed by atoms with Crippen LogP contribution in [0.2, 0.25) is 0 Å². The summed E-state index contributed by atoms with van der Waals surface area (Å²) in [6.07, 6.45) is 1.38. The van der Waals surface area contributed by atoms with Crippen LogP contribution in [-0.2, 0) is 9.53 Å². The van der Waals surface area contributed by atoms with Crippen molar-refractivity contribution in [3.05, 3.63) is 0 Å². The SMILES string of the molecule is COC(=O)[C@]1(O)CCCC[C@H]1O. The van der Waals surface area contributed by atoms with Gasteiger partial charge in [-0.05, 0) is 19.3 Å². The van der Waals surface area contributed by atoms with E-state index in [0.29, 0.717) is 12.8 Å². The zero-order valence-electron chi connectivity index (χ0n) is 7.12. The Morgan fingerprint density at radius 3 is 2.75 bits per heavy atom. The lowest BCUT2D eigenvalue weighted by molar-refractivity contribution is -0.180. The number of esters is 1. The molecule has 0 aromatic rings.